The van der Waals surface area contributed by atoms with E-state index in [-0.39, 0.29) is 0 Å². The average molecular weight is 222 g/mol. The molecule has 1 N–H and O–H groups in total. The Morgan fingerprint density at radius 2 is 2.19 bits per heavy atom. The molecule has 1 atom stereocenters. The van der Waals surface area contributed by atoms with Crippen molar-refractivity contribution >= 4 is 0 Å². The van der Waals surface area contributed by atoms with Gasteiger partial charge in [-0.1, -0.05) is 25.8 Å². The Morgan fingerprint density at radius 1 is 1.38 bits per heavy atom. The zero-order chi connectivity index (χ0) is 11.8. The minimum Gasteiger partial charge on any atom is -0.463 e. The highest BCUT2D eigenvalue weighted by Crippen LogP contribution is 2.22. The summed E-state index contributed by atoms with van der Waals surface area (Å²) in [5.74, 6) is 1.65. The molecule has 0 fully saturated rings. The summed E-state index contributed by atoms with van der Waals surface area (Å²) in [4.78, 5) is 0. The van der Waals surface area contributed by atoms with Gasteiger partial charge in [0.05, 0.1) is 0 Å². The largest absolute Gasteiger partial charge is 0.463 e. The third-order valence-corrected chi connectivity index (χ3v) is 2.75. The molecule has 0 aromatic carbocycles. The molecule has 0 spiro atoms. The highest BCUT2D eigenvalue weighted by Gasteiger charge is 2.11. The summed E-state index contributed by atoms with van der Waals surface area (Å²) in [6.07, 6.45) is 7.58. The Morgan fingerprint density at radius 3 is 2.81 bits per heavy atom. The van der Waals surface area contributed by atoms with Crippen LogP contribution in [-0.4, -0.2) is 5.11 Å². The van der Waals surface area contributed by atoms with Gasteiger partial charge >= 0.3 is 0 Å². The molecule has 1 aromatic rings. The van der Waals surface area contributed by atoms with E-state index in [1.165, 1.54) is 0 Å². The van der Waals surface area contributed by atoms with Crippen LogP contribution in [0.25, 0.3) is 0 Å². The van der Waals surface area contributed by atoms with Crippen LogP contribution < -0.4 is 0 Å². The van der Waals surface area contributed by atoms with Crippen molar-refractivity contribution in [2.45, 2.75) is 51.6 Å². The Labute approximate surface area is 98.0 Å². The number of allylic oxidation sites excluding steroid dienone is 1. The molecular weight excluding hydrogens is 200 g/mol. The zero-order valence-corrected chi connectivity index (χ0v) is 10.1. The highest BCUT2D eigenvalue weighted by molar-refractivity contribution is 5.09. The first-order chi connectivity index (χ1) is 7.77. The summed E-state index contributed by atoms with van der Waals surface area (Å²) in [6.45, 7) is 5.73. The van der Waals surface area contributed by atoms with E-state index in [0.29, 0.717) is 5.76 Å². The van der Waals surface area contributed by atoms with Crippen LogP contribution in [-0.2, 0) is 6.42 Å². The van der Waals surface area contributed by atoms with Crippen LogP contribution in [0.15, 0.2) is 29.2 Å². The second-order valence-electron chi connectivity index (χ2n) is 4.10. The number of aliphatic hydroxyl groups is 1. The van der Waals surface area contributed by atoms with Crippen LogP contribution in [0, 0.1) is 0 Å². The summed E-state index contributed by atoms with van der Waals surface area (Å²) in [5.41, 5.74) is 0. The van der Waals surface area contributed by atoms with Gasteiger partial charge in [-0.15, -0.1) is 6.58 Å². The van der Waals surface area contributed by atoms with Crippen molar-refractivity contribution in [2.75, 3.05) is 0 Å². The minimum absolute atomic E-state index is 0.441. The SMILES string of the molecule is C=CCCCCCC(O)c1ccc(CC)o1. The molecule has 1 aromatic heterocycles. The third-order valence-electron chi connectivity index (χ3n) is 2.75. The van der Waals surface area contributed by atoms with Crippen LogP contribution in [0.4, 0.5) is 0 Å². The summed E-state index contributed by atoms with van der Waals surface area (Å²) in [6, 6.07) is 3.82. The molecule has 1 unspecified atom stereocenters. The number of hydrogen-bond donors (Lipinski definition) is 1. The molecule has 0 aliphatic heterocycles. The molecule has 1 heterocycles. The van der Waals surface area contributed by atoms with Crippen LogP contribution in [0.1, 0.15) is 56.7 Å². The van der Waals surface area contributed by atoms with Gasteiger partial charge in [-0.2, -0.15) is 0 Å². The van der Waals surface area contributed by atoms with Gasteiger partial charge in [-0.05, 0) is 31.4 Å². The quantitative estimate of drug-likeness (QED) is 0.532. The lowest BCUT2D eigenvalue weighted by atomic mass is 10.1. The lowest BCUT2D eigenvalue weighted by molar-refractivity contribution is 0.135. The van der Waals surface area contributed by atoms with E-state index < -0.39 is 6.10 Å². The summed E-state index contributed by atoms with van der Waals surface area (Å²) >= 11 is 0. The number of furan rings is 1. The fraction of sp³-hybridized carbons (Fsp3) is 0.571. The van der Waals surface area contributed by atoms with Crippen molar-refractivity contribution in [1.82, 2.24) is 0 Å². The first kappa shape index (κ1) is 13.0. The number of aryl methyl sites for hydroxylation is 1. The van der Waals surface area contributed by atoms with Crippen LogP contribution >= 0.6 is 0 Å². The predicted octanol–water partition coefficient (Wildman–Crippen LogP) is 4.01. The standard InChI is InChI=1S/C14H22O2/c1-3-5-6-7-8-9-13(15)14-11-10-12(4-2)16-14/h3,10-11,13,15H,1,4-9H2,2H3. The average Bonchev–Trinajstić information content (AvgIpc) is 2.77. The molecule has 2 nitrogen and oxygen atoms in total. The normalized spacial score (nSPS) is 12.6. The maximum absolute atomic E-state index is 9.87. The fourth-order valence-electron chi connectivity index (χ4n) is 1.71. The molecule has 1 rings (SSSR count). The molecule has 16 heavy (non-hydrogen) atoms. The topological polar surface area (TPSA) is 33.4 Å². The lowest BCUT2D eigenvalue weighted by Gasteiger charge is -2.06. The van der Waals surface area contributed by atoms with Crippen molar-refractivity contribution in [3.8, 4) is 0 Å². The van der Waals surface area contributed by atoms with E-state index in [2.05, 4.69) is 6.58 Å². The first-order valence-corrected chi connectivity index (χ1v) is 6.15. The zero-order valence-electron chi connectivity index (χ0n) is 10.1. The Bertz CT molecular complexity index is 301. The molecule has 2 heteroatoms. The van der Waals surface area contributed by atoms with Crippen LogP contribution in [0.5, 0.6) is 0 Å². The number of rotatable bonds is 8. The maximum atomic E-state index is 9.87. The lowest BCUT2D eigenvalue weighted by Crippen LogP contribution is -1.95. The molecule has 0 bridgehead atoms. The number of aliphatic hydroxyl groups excluding tert-OH is 1. The van der Waals surface area contributed by atoms with Crippen molar-refractivity contribution in [2.24, 2.45) is 0 Å². The number of unbranched alkanes of at least 4 members (excludes halogenated alkanes) is 3. The second kappa shape index (κ2) is 7.29. The Kier molecular flexibility index (Phi) is 5.94. The van der Waals surface area contributed by atoms with Crippen molar-refractivity contribution < 1.29 is 9.52 Å². The van der Waals surface area contributed by atoms with E-state index >= 15 is 0 Å². The predicted molar refractivity (Wildman–Crippen MR) is 66.3 cm³/mol. The van der Waals surface area contributed by atoms with Gasteiger partial charge in [0, 0.05) is 6.42 Å². The van der Waals surface area contributed by atoms with Gasteiger partial charge in [0.25, 0.3) is 0 Å². The van der Waals surface area contributed by atoms with E-state index in [1.807, 2.05) is 25.1 Å². The maximum Gasteiger partial charge on any atom is 0.132 e. The van der Waals surface area contributed by atoms with Gasteiger partial charge in [0.15, 0.2) is 0 Å². The fourth-order valence-corrected chi connectivity index (χ4v) is 1.71. The van der Waals surface area contributed by atoms with Gasteiger partial charge in [0.2, 0.25) is 0 Å². The van der Waals surface area contributed by atoms with Gasteiger partial charge in [0.1, 0.15) is 17.6 Å². The monoisotopic (exact) mass is 222 g/mol. The highest BCUT2D eigenvalue weighted by atomic mass is 16.4. The molecule has 0 amide bonds. The Hall–Kier alpha value is -1.02. The van der Waals surface area contributed by atoms with E-state index in [1.54, 1.807) is 0 Å². The molecule has 0 saturated heterocycles. The molecule has 0 aliphatic rings. The van der Waals surface area contributed by atoms with Gasteiger partial charge in [-0.3, -0.25) is 0 Å². The molecule has 0 aliphatic carbocycles. The Balaban J connectivity index is 2.23. The van der Waals surface area contributed by atoms with Crippen LogP contribution in [0.2, 0.25) is 0 Å². The van der Waals surface area contributed by atoms with Crippen molar-refractivity contribution in [3.05, 3.63) is 36.3 Å². The van der Waals surface area contributed by atoms with E-state index in [9.17, 15) is 5.11 Å². The molecular formula is C14H22O2. The van der Waals surface area contributed by atoms with Crippen molar-refractivity contribution in [1.29, 1.82) is 0 Å². The summed E-state index contributed by atoms with van der Waals surface area (Å²) in [7, 11) is 0. The summed E-state index contributed by atoms with van der Waals surface area (Å²) < 4.78 is 5.51. The van der Waals surface area contributed by atoms with Gasteiger partial charge in [-0.25, -0.2) is 0 Å². The minimum atomic E-state index is -0.441. The molecule has 90 valence electrons. The molecule has 0 radical (unpaired) electrons. The van der Waals surface area contributed by atoms with E-state index in [4.69, 9.17) is 4.42 Å². The first-order valence-electron chi connectivity index (χ1n) is 6.15. The van der Waals surface area contributed by atoms with E-state index in [0.717, 1.165) is 44.3 Å². The van der Waals surface area contributed by atoms with Crippen LogP contribution in [0.3, 0.4) is 0 Å². The molecule has 0 saturated carbocycles. The number of hydrogen-bond acceptors (Lipinski definition) is 2. The van der Waals surface area contributed by atoms with Crippen molar-refractivity contribution in [3.63, 3.8) is 0 Å². The third kappa shape index (κ3) is 4.23. The van der Waals surface area contributed by atoms with Gasteiger partial charge < -0.3 is 9.52 Å². The smallest absolute Gasteiger partial charge is 0.132 e. The second-order valence-corrected chi connectivity index (χ2v) is 4.10. The summed E-state index contributed by atoms with van der Waals surface area (Å²) in [5, 5.41) is 9.87.